The van der Waals surface area contributed by atoms with Crippen LogP contribution >= 0.6 is 0 Å². The van der Waals surface area contributed by atoms with Gasteiger partial charge in [-0.1, -0.05) is 30.3 Å². The molecular weight excluding hydrogens is 490 g/mol. The average Bonchev–Trinajstić information content (AvgIpc) is 3.56. The number of nitrogens with zero attached hydrogens (tertiary/aromatic N) is 5. The number of rotatable bonds is 9. The van der Waals surface area contributed by atoms with Gasteiger partial charge in [-0.05, 0) is 75.6 Å². The van der Waals surface area contributed by atoms with Crippen LogP contribution in [0.3, 0.4) is 0 Å². The molecule has 2 N–H and O–H groups in total. The molecule has 2 aromatic heterocycles. The second-order valence-electron chi connectivity index (χ2n) is 10.2. The SMILES string of the molecule is CN1CCC(NC(=O)CCCc2cn(-c3ccccc3)c(NC(=O)c3cccc(-c4cnn(C)c4)c3)n2)CC1. The lowest BCUT2D eigenvalue weighted by Crippen LogP contribution is -2.43. The molecule has 0 spiro atoms. The van der Waals surface area contributed by atoms with Crippen LogP contribution in [0.2, 0.25) is 0 Å². The minimum absolute atomic E-state index is 0.0917. The Bertz CT molecular complexity index is 1420. The van der Waals surface area contributed by atoms with Gasteiger partial charge in [-0.2, -0.15) is 5.10 Å². The van der Waals surface area contributed by atoms with Crippen LogP contribution in [0.15, 0.2) is 73.2 Å². The summed E-state index contributed by atoms with van der Waals surface area (Å²) in [6, 6.07) is 17.5. The summed E-state index contributed by atoms with van der Waals surface area (Å²) in [5.74, 6) is 0.297. The molecule has 9 nitrogen and oxygen atoms in total. The summed E-state index contributed by atoms with van der Waals surface area (Å²) < 4.78 is 3.62. The van der Waals surface area contributed by atoms with Gasteiger partial charge in [0, 0.05) is 48.7 Å². The van der Waals surface area contributed by atoms with Gasteiger partial charge >= 0.3 is 0 Å². The number of imidazole rings is 1. The molecule has 39 heavy (non-hydrogen) atoms. The van der Waals surface area contributed by atoms with E-state index >= 15 is 0 Å². The summed E-state index contributed by atoms with van der Waals surface area (Å²) in [6.07, 6.45) is 9.40. The summed E-state index contributed by atoms with van der Waals surface area (Å²) >= 11 is 0. The summed E-state index contributed by atoms with van der Waals surface area (Å²) in [4.78, 5) is 32.8. The Morgan fingerprint density at radius 3 is 2.51 bits per heavy atom. The first-order chi connectivity index (χ1) is 18.9. The zero-order chi connectivity index (χ0) is 27.2. The second kappa shape index (κ2) is 12.1. The predicted octanol–water partition coefficient (Wildman–Crippen LogP) is 4.06. The fraction of sp³-hybridized carbons (Fsp3) is 0.333. The van der Waals surface area contributed by atoms with Crippen molar-refractivity contribution in [3.63, 3.8) is 0 Å². The number of hydrogen-bond acceptors (Lipinski definition) is 5. The van der Waals surface area contributed by atoms with Gasteiger partial charge in [0.2, 0.25) is 11.9 Å². The Hall–Kier alpha value is -4.24. The standard InChI is InChI=1S/C30H35N7O2/c1-35-16-14-25(15-17-35)32-28(38)13-7-10-26-21-37(27-11-4-3-5-12-27)30(33-26)34-29(39)23-9-6-8-22(18-23)24-19-31-36(2)20-24/h3-6,8-9,11-12,18-21,25H,7,10,13-17H2,1-2H3,(H,32,38)(H,33,34,39). The third-order valence-electron chi connectivity index (χ3n) is 7.10. The number of piperidine rings is 1. The molecule has 2 amide bonds. The summed E-state index contributed by atoms with van der Waals surface area (Å²) in [5, 5.41) is 10.4. The van der Waals surface area contributed by atoms with Crippen molar-refractivity contribution in [1.82, 2.24) is 29.5 Å². The third kappa shape index (κ3) is 6.80. The highest BCUT2D eigenvalue weighted by atomic mass is 16.2. The molecule has 1 aliphatic rings. The molecule has 0 unspecified atom stereocenters. The number of hydrogen-bond donors (Lipinski definition) is 2. The highest BCUT2D eigenvalue weighted by molar-refractivity contribution is 6.04. The second-order valence-corrected chi connectivity index (χ2v) is 10.2. The van der Waals surface area contributed by atoms with Crippen LogP contribution in [-0.4, -0.2) is 62.2 Å². The van der Waals surface area contributed by atoms with Gasteiger partial charge in [0.15, 0.2) is 0 Å². The van der Waals surface area contributed by atoms with Gasteiger partial charge in [0.05, 0.1) is 11.9 Å². The smallest absolute Gasteiger partial charge is 0.258 e. The number of nitrogens with one attached hydrogen (secondary N) is 2. The number of likely N-dealkylation sites (tertiary alicyclic amines) is 1. The van der Waals surface area contributed by atoms with Gasteiger partial charge < -0.3 is 10.2 Å². The van der Waals surface area contributed by atoms with Crippen LogP contribution in [0.5, 0.6) is 0 Å². The lowest BCUT2D eigenvalue weighted by molar-refractivity contribution is -0.122. The van der Waals surface area contributed by atoms with Crippen LogP contribution in [0.25, 0.3) is 16.8 Å². The van der Waals surface area contributed by atoms with Gasteiger partial charge in [-0.15, -0.1) is 0 Å². The number of amides is 2. The monoisotopic (exact) mass is 525 g/mol. The maximum Gasteiger partial charge on any atom is 0.258 e. The van der Waals surface area contributed by atoms with Crippen molar-refractivity contribution in [2.45, 2.75) is 38.1 Å². The fourth-order valence-corrected chi connectivity index (χ4v) is 4.89. The van der Waals surface area contributed by atoms with Gasteiger partial charge in [0.25, 0.3) is 5.91 Å². The largest absolute Gasteiger partial charge is 0.353 e. The molecule has 0 radical (unpaired) electrons. The molecule has 202 valence electrons. The number of carbonyl (C=O) groups excluding carboxylic acids is 2. The van der Waals surface area contributed by atoms with Crippen LogP contribution in [0.1, 0.15) is 41.7 Å². The first-order valence-electron chi connectivity index (χ1n) is 13.5. The molecule has 1 aliphatic heterocycles. The number of benzene rings is 2. The predicted molar refractivity (Wildman–Crippen MR) is 152 cm³/mol. The molecule has 0 aliphatic carbocycles. The van der Waals surface area contributed by atoms with Crippen LogP contribution in [-0.2, 0) is 18.3 Å². The maximum absolute atomic E-state index is 13.3. The topological polar surface area (TPSA) is 97.1 Å². The van der Waals surface area contributed by atoms with Crippen LogP contribution in [0.4, 0.5) is 5.95 Å². The fourth-order valence-electron chi connectivity index (χ4n) is 4.89. The molecule has 0 bridgehead atoms. The van der Waals surface area contributed by atoms with E-state index in [1.807, 2.05) is 72.5 Å². The van der Waals surface area contributed by atoms with Gasteiger partial charge in [-0.3, -0.25) is 24.2 Å². The molecule has 4 aromatic rings. The number of aryl methyl sites for hydroxylation is 2. The molecule has 1 saturated heterocycles. The lowest BCUT2D eigenvalue weighted by atomic mass is 10.1. The lowest BCUT2D eigenvalue weighted by Gasteiger charge is -2.29. The highest BCUT2D eigenvalue weighted by Crippen LogP contribution is 2.22. The number of anilines is 1. The Kier molecular flexibility index (Phi) is 8.17. The zero-order valence-corrected chi connectivity index (χ0v) is 22.5. The molecular formula is C30H35N7O2. The first kappa shape index (κ1) is 26.4. The van der Waals surface area contributed by atoms with Gasteiger partial charge in [-0.25, -0.2) is 4.98 Å². The average molecular weight is 526 g/mol. The zero-order valence-electron chi connectivity index (χ0n) is 22.5. The van der Waals surface area contributed by atoms with Gasteiger partial charge in [0.1, 0.15) is 0 Å². The first-order valence-corrected chi connectivity index (χ1v) is 13.5. The van der Waals surface area contributed by atoms with E-state index < -0.39 is 0 Å². The number of aromatic nitrogens is 4. The quantitative estimate of drug-likeness (QED) is 0.344. The van der Waals surface area contributed by atoms with E-state index in [-0.39, 0.29) is 17.9 Å². The molecule has 3 heterocycles. The van der Waals surface area contributed by atoms with Crippen molar-refractivity contribution in [2.24, 2.45) is 7.05 Å². The summed E-state index contributed by atoms with van der Waals surface area (Å²) in [6.45, 7) is 2.04. The normalized spacial score (nSPS) is 14.3. The van der Waals surface area contributed by atoms with E-state index in [2.05, 4.69) is 27.7 Å². The number of carbonyl (C=O) groups is 2. The van der Waals surface area contributed by atoms with E-state index in [4.69, 9.17) is 4.98 Å². The highest BCUT2D eigenvalue weighted by Gasteiger charge is 2.19. The van der Waals surface area contributed by atoms with Crippen molar-refractivity contribution >= 4 is 17.8 Å². The van der Waals surface area contributed by atoms with Crippen molar-refractivity contribution in [3.8, 4) is 16.8 Å². The molecule has 0 saturated carbocycles. The van der Waals surface area contributed by atoms with Crippen molar-refractivity contribution < 1.29 is 9.59 Å². The Labute approximate surface area is 228 Å². The Morgan fingerprint density at radius 2 is 1.77 bits per heavy atom. The van der Waals surface area contributed by atoms with Crippen LogP contribution in [0, 0.1) is 0 Å². The van der Waals surface area contributed by atoms with E-state index in [0.29, 0.717) is 30.8 Å². The Balaban J connectivity index is 1.26. The summed E-state index contributed by atoms with van der Waals surface area (Å²) in [5.41, 5.74) is 4.12. The molecule has 2 aromatic carbocycles. The van der Waals surface area contributed by atoms with Crippen molar-refractivity contribution in [3.05, 3.63) is 84.4 Å². The maximum atomic E-state index is 13.3. The van der Waals surface area contributed by atoms with Crippen molar-refractivity contribution in [1.29, 1.82) is 0 Å². The molecule has 0 atom stereocenters. The summed E-state index contributed by atoms with van der Waals surface area (Å²) in [7, 11) is 3.98. The van der Waals surface area contributed by atoms with E-state index in [1.54, 1.807) is 16.9 Å². The minimum Gasteiger partial charge on any atom is -0.353 e. The van der Waals surface area contributed by atoms with E-state index in [9.17, 15) is 9.59 Å². The van der Waals surface area contributed by atoms with E-state index in [1.165, 1.54) is 0 Å². The van der Waals surface area contributed by atoms with E-state index in [0.717, 1.165) is 48.4 Å². The molecule has 5 rings (SSSR count). The Morgan fingerprint density at radius 1 is 0.974 bits per heavy atom. The molecule has 9 heteroatoms. The number of para-hydroxylation sites is 1. The minimum atomic E-state index is -0.243. The third-order valence-corrected chi connectivity index (χ3v) is 7.10. The molecule has 1 fully saturated rings. The van der Waals surface area contributed by atoms with Crippen molar-refractivity contribution in [2.75, 3.05) is 25.5 Å². The van der Waals surface area contributed by atoms with Crippen LogP contribution < -0.4 is 10.6 Å².